The van der Waals surface area contributed by atoms with Crippen molar-refractivity contribution in [2.24, 2.45) is 0 Å². The standard InChI is InChI=1S/C15H20N2OS/c1-4-17(5-2)15(19)16-14(18)11-10-13-8-6-12(3)7-9-13/h6-11H,4-5H2,1-3H3,(H,16,18,19). The molecule has 4 heteroatoms. The van der Waals surface area contributed by atoms with E-state index in [0.29, 0.717) is 5.11 Å². The van der Waals surface area contributed by atoms with E-state index in [-0.39, 0.29) is 5.91 Å². The Hall–Kier alpha value is -1.68. The van der Waals surface area contributed by atoms with E-state index in [9.17, 15) is 4.79 Å². The molecule has 19 heavy (non-hydrogen) atoms. The number of rotatable bonds is 4. The fourth-order valence-corrected chi connectivity index (χ4v) is 1.95. The Bertz CT molecular complexity index is 462. The fraction of sp³-hybridized carbons (Fsp3) is 0.333. The Morgan fingerprint density at radius 3 is 2.37 bits per heavy atom. The zero-order valence-electron chi connectivity index (χ0n) is 11.6. The van der Waals surface area contributed by atoms with Crippen molar-refractivity contribution in [3.05, 3.63) is 41.5 Å². The molecule has 0 radical (unpaired) electrons. The highest BCUT2D eigenvalue weighted by molar-refractivity contribution is 7.80. The minimum atomic E-state index is -0.197. The summed E-state index contributed by atoms with van der Waals surface area (Å²) in [5.41, 5.74) is 2.19. The predicted octanol–water partition coefficient (Wildman–Crippen LogP) is 2.75. The molecule has 0 aliphatic rings. The van der Waals surface area contributed by atoms with Crippen molar-refractivity contribution in [1.29, 1.82) is 0 Å². The molecule has 1 aromatic carbocycles. The van der Waals surface area contributed by atoms with Crippen LogP contribution in [0.1, 0.15) is 25.0 Å². The van der Waals surface area contributed by atoms with Gasteiger partial charge in [-0.2, -0.15) is 0 Å². The van der Waals surface area contributed by atoms with Gasteiger partial charge in [0, 0.05) is 19.2 Å². The maximum Gasteiger partial charge on any atom is 0.250 e. The lowest BCUT2D eigenvalue weighted by Crippen LogP contribution is -2.41. The summed E-state index contributed by atoms with van der Waals surface area (Å²) >= 11 is 5.16. The van der Waals surface area contributed by atoms with Gasteiger partial charge in [-0.3, -0.25) is 10.1 Å². The molecule has 0 aromatic heterocycles. The lowest BCUT2D eigenvalue weighted by molar-refractivity contribution is -0.115. The molecule has 1 N–H and O–H groups in total. The summed E-state index contributed by atoms with van der Waals surface area (Å²) in [4.78, 5) is 13.6. The van der Waals surface area contributed by atoms with Crippen LogP contribution in [0.4, 0.5) is 0 Å². The number of nitrogens with zero attached hydrogens (tertiary/aromatic N) is 1. The number of hydrogen-bond donors (Lipinski definition) is 1. The highest BCUT2D eigenvalue weighted by atomic mass is 32.1. The molecule has 0 saturated heterocycles. The third-order valence-corrected chi connectivity index (χ3v) is 3.15. The molecule has 1 rings (SSSR count). The number of amides is 1. The molecule has 0 saturated carbocycles. The highest BCUT2D eigenvalue weighted by Gasteiger charge is 2.06. The van der Waals surface area contributed by atoms with Crippen molar-refractivity contribution in [2.75, 3.05) is 13.1 Å². The Morgan fingerprint density at radius 2 is 1.84 bits per heavy atom. The van der Waals surface area contributed by atoms with E-state index in [1.54, 1.807) is 6.08 Å². The first-order valence-electron chi connectivity index (χ1n) is 6.41. The third-order valence-electron chi connectivity index (χ3n) is 2.79. The van der Waals surface area contributed by atoms with Crippen LogP contribution in [0.15, 0.2) is 30.3 Å². The highest BCUT2D eigenvalue weighted by Crippen LogP contribution is 2.04. The van der Waals surface area contributed by atoms with Gasteiger partial charge in [0.25, 0.3) is 0 Å². The van der Waals surface area contributed by atoms with Crippen LogP contribution in [-0.4, -0.2) is 29.0 Å². The van der Waals surface area contributed by atoms with E-state index < -0.39 is 0 Å². The van der Waals surface area contributed by atoms with Crippen molar-refractivity contribution in [2.45, 2.75) is 20.8 Å². The van der Waals surface area contributed by atoms with Crippen LogP contribution < -0.4 is 5.32 Å². The largest absolute Gasteiger partial charge is 0.350 e. The molecular formula is C15H20N2OS. The summed E-state index contributed by atoms with van der Waals surface area (Å²) < 4.78 is 0. The van der Waals surface area contributed by atoms with E-state index in [0.717, 1.165) is 18.7 Å². The maximum absolute atomic E-state index is 11.7. The van der Waals surface area contributed by atoms with E-state index in [4.69, 9.17) is 12.2 Å². The number of benzene rings is 1. The Kier molecular flexibility index (Phi) is 6.22. The molecule has 0 fully saturated rings. The second-order valence-electron chi connectivity index (χ2n) is 4.21. The topological polar surface area (TPSA) is 32.3 Å². The smallest absolute Gasteiger partial charge is 0.250 e. The molecule has 0 spiro atoms. The van der Waals surface area contributed by atoms with Gasteiger partial charge in [-0.1, -0.05) is 29.8 Å². The summed E-state index contributed by atoms with van der Waals surface area (Å²) in [7, 11) is 0. The summed E-state index contributed by atoms with van der Waals surface area (Å²) in [6.45, 7) is 7.62. The summed E-state index contributed by atoms with van der Waals surface area (Å²) in [6, 6.07) is 7.97. The second-order valence-corrected chi connectivity index (χ2v) is 4.60. The number of thiocarbonyl (C=S) groups is 1. The molecule has 102 valence electrons. The third kappa shape index (κ3) is 5.22. The van der Waals surface area contributed by atoms with Crippen LogP contribution in [0.3, 0.4) is 0 Å². The average molecular weight is 276 g/mol. The Labute approximate surface area is 120 Å². The maximum atomic E-state index is 11.7. The van der Waals surface area contributed by atoms with Gasteiger partial charge >= 0.3 is 0 Å². The number of hydrogen-bond acceptors (Lipinski definition) is 2. The molecule has 0 aliphatic carbocycles. The average Bonchev–Trinajstić information content (AvgIpc) is 2.39. The summed E-state index contributed by atoms with van der Waals surface area (Å²) in [5, 5.41) is 3.17. The second kappa shape index (κ2) is 7.69. The molecule has 0 atom stereocenters. The van der Waals surface area contributed by atoms with Crippen molar-refractivity contribution in [1.82, 2.24) is 10.2 Å². The first-order valence-corrected chi connectivity index (χ1v) is 6.82. The molecule has 0 bridgehead atoms. The van der Waals surface area contributed by atoms with E-state index in [1.807, 2.05) is 49.9 Å². The van der Waals surface area contributed by atoms with Gasteiger partial charge in [0.15, 0.2) is 5.11 Å². The van der Waals surface area contributed by atoms with Crippen LogP contribution in [-0.2, 0) is 4.79 Å². The van der Waals surface area contributed by atoms with Crippen molar-refractivity contribution in [3.63, 3.8) is 0 Å². The zero-order valence-corrected chi connectivity index (χ0v) is 12.5. The molecular weight excluding hydrogens is 256 g/mol. The van der Waals surface area contributed by atoms with Crippen molar-refractivity contribution in [3.8, 4) is 0 Å². The monoisotopic (exact) mass is 276 g/mol. The summed E-state index contributed by atoms with van der Waals surface area (Å²) in [5.74, 6) is -0.197. The van der Waals surface area contributed by atoms with Crippen LogP contribution in [0.2, 0.25) is 0 Å². The first kappa shape index (κ1) is 15.4. The van der Waals surface area contributed by atoms with Crippen LogP contribution in [0.25, 0.3) is 6.08 Å². The number of carbonyl (C=O) groups is 1. The van der Waals surface area contributed by atoms with Crippen molar-refractivity contribution >= 4 is 29.3 Å². The van der Waals surface area contributed by atoms with E-state index in [1.165, 1.54) is 11.6 Å². The zero-order chi connectivity index (χ0) is 14.3. The molecule has 3 nitrogen and oxygen atoms in total. The molecule has 0 aliphatic heterocycles. The molecule has 1 aromatic rings. The van der Waals surface area contributed by atoms with Gasteiger partial charge in [0.2, 0.25) is 5.91 Å². The quantitative estimate of drug-likeness (QED) is 0.678. The first-order chi connectivity index (χ1) is 9.06. The van der Waals surface area contributed by atoms with E-state index in [2.05, 4.69) is 5.32 Å². The van der Waals surface area contributed by atoms with Gasteiger partial charge in [0.1, 0.15) is 0 Å². The van der Waals surface area contributed by atoms with Gasteiger partial charge in [-0.15, -0.1) is 0 Å². The van der Waals surface area contributed by atoms with Gasteiger partial charge in [-0.25, -0.2) is 0 Å². The predicted molar refractivity (Wildman–Crippen MR) is 83.9 cm³/mol. The normalized spacial score (nSPS) is 10.5. The molecule has 0 unspecified atom stereocenters. The Morgan fingerprint density at radius 1 is 1.26 bits per heavy atom. The van der Waals surface area contributed by atoms with Crippen LogP contribution >= 0.6 is 12.2 Å². The molecule has 0 heterocycles. The van der Waals surface area contributed by atoms with Crippen LogP contribution in [0.5, 0.6) is 0 Å². The number of nitrogens with one attached hydrogen (secondary N) is 1. The van der Waals surface area contributed by atoms with Gasteiger partial charge in [0.05, 0.1) is 0 Å². The minimum Gasteiger partial charge on any atom is -0.350 e. The van der Waals surface area contributed by atoms with Gasteiger partial charge in [-0.05, 0) is 44.6 Å². The lowest BCUT2D eigenvalue weighted by atomic mass is 10.1. The number of aryl methyl sites for hydroxylation is 1. The minimum absolute atomic E-state index is 0.197. The lowest BCUT2D eigenvalue weighted by Gasteiger charge is -2.21. The summed E-state index contributed by atoms with van der Waals surface area (Å²) in [6.07, 6.45) is 3.28. The molecule has 1 amide bonds. The van der Waals surface area contributed by atoms with E-state index >= 15 is 0 Å². The van der Waals surface area contributed by atoms with Crippen molar-refractivity contribution < 1.29 is 4.79 Å². The van der Waals surface area contributed by atoms with Gasteiger partial charge < -0.3 is 4.90 Å². The SMILES string of the molecule is CCN(CC)C(=S)NC(=O)C=Cc1ccc(C)cc1. The number of carbonyl (C=O) groups excluding carboxylic acids is 1. The van der Waals surface area contributed by atoms with Crippen LogP contribution in [0, 0.1) is 6.92 Å². The fourth-order valence-electron chi connectivity index (χ4n) is 1.59. The Balaban J connectivity index is 2.55.